The Morgan fingerprint density at radius 1 is 1.16 bits per heavy atom. The Morgan fingerprint density at radius 2 is 1.81 bits per heavy atom. The fourth-order valence-corrected chi connectivity index (χ4v) is 3.56. The van der Waals surface area contributed by atoms with E-state index in [2.05, 4.69) is 20.1 Å². The topological polar surface area (TPSA) is 193 Å². The van der Waals surface area contributed by atoms with E-state index < -0.39 is 11.7 Å². The lowest BCUT2D eigenvalue weighted by molar-refractivity contribution is -0.134. The van der Waals surface area contributed by atoms with E-state index in [9.17, 15) is 9.90 Å². The van der Waals surface area contributed by atoms with Crippen molar-refractivity contribution < 1.29 is 19.7 Å². The van der Waals surface area contributed by atoms with Crippen LogP contribution in [0, 0.1) is 5.41 Å². The molecule has 4 aromatic rings. The van der Waals surface area contributed by atoms with Crippen molar-refractivity contribution in [3.63, 3.8) is 0 Å². The van der Waals surface area contributed by atoms with E-state index in [1.807, 2.05) is 24.3 Å². The zero-order chi connectivity index (χ0) is 26.9. The lowest BCUT2D eigenvalue weighted by atomic mass is 9.89. The molecule has 0 radical (unpaired) electrons. The molecule has 0 aliphatic carbocycles. The van der Waals surface area contributed by atoms with Crippen LogP contribution in [0.25, 0.3) is 5.95 Å². The van der Waals surface area contributed by atoms with Crippen molar-refractivity contribution in [3.05, 3.63) is 99.5 Å². The summed E-state index contributed by atoms with van der Waals surface area (Å²) in [6.45, 7) is 0.924. The predicted molar refractivity (Wildman–Crippen MR) is 135 cm³/mol. The fourth-order valence-electron chi connectivity index (χ4n) is 3.56. The number of aliphatic hydroxyl groups excluding tert-OH is 1. The Bertz CT molecular complexity index is 1390. The third kappa shape index (κ3) is 7.08. The van der Waals surface area contributed by atoms with E-state index in [-0.39, 0.29) is 24.3 Å². The van der Waals surface area contributed by atoms with Crippen LogP contribution in [0.15, 0.2) is 65.7 Å². The van der Waals surface area contributed by atoms with E-state index in [4.69, 9.17) is 25.8 Å². The van der Waals surface area contributed by atoms with Gasteiger partial charge in [0.05, 0.1) is 13.7 Å². The SMILES string of the molecule is CC(=O)O.COc1cc(CO)cc(C(Cc2ccc(C(=N)N)cc2)c2nn(-c3ncccn3)c(=O)[nH]2)c1. The van der Waals surface area contributed by atoms with Crippen molar-refractivity contribution in [2.24, 2.45) is 5.73 Å². The maximum atomic E-state index is 12.7. The lowest BCUT2D eigenvalue weighted by Gasteiger charge is -2.17. The highest BCUT2D eigenvalue weighted by atomic mass is 16.5. The van der Waals surface area contributed by atoms with Gasteiger partial charge in [0.25, 0.3) is 11.9 Å². The van der Waals surface area contributed by atoms with Crippen molar-refractivity contribution >= 4 is 11.8 Å². The van der Waals surface area contributed by atoms with Gasteiger partial charge >= 0.3 is 5.69 Å². The van der Waals surface area contributed by atoms with Crippen molar-refractivity contribution in [2.75, 3.05) is 7.11 Å². The molecule has 2 aromatic carbocycles. The van der Waals surface area contributed by atoms with E-state index in [0.717, 1.165) is 22.7 Å². The number of aliphatic carboxylic acids is 1. The molecular weight excluding hydrogens is 478 g/mol. The molecule has 4 rings (SSSR count). The maximum Gasteiger partial charge on any atom is 0.350 e. The fraction of sp³-hybridized carbons (Fsp3) is 0.200. The Morgan fingerprint density at radius 3 is 2.38 bits per heavy atom. The Hall–Kier alpha value is -4.84. The first-order valence-electron chi connectivity index (χ1n) is 11.1. The van der Waals surface area contributed by atoms with Gasteiger partial charge in [0.2, 0.25) is 0 Å². The van der Waals surface area contributed by atoms with E-state index in [1.54, 1.807) is 31.4 Å². The van der Waals surface area contributed by atoms with Crippen LogP contribution in [0.4, 0.5) is 0 Å². The lowest BCUT2D eigenvalue weighted by Crippen LogP contribution is -2.18. The number of hydrogen-bond donors (Lipinski definition) is 5. The van der Waals surface area contributed by atoms with Gasteiger partial charge in [0, 0.05) is 30.8 Å². The monoisotopic (exact) mass is 505 g/mol. The zero-order valence-electron chi connectivity index (χ0n) is 20.3. The minimum Gasteiger partial charge on any atom is -0.497 e. The van der Waals surface area contributed by atoms with Crippen molar-refractivity contribution in [1.29, 1.82) is 5.41 Å². The second-order valence-electron chi connectivity index (χ2n) is 7.93. The Balaban J connectivity index is 0.000000886. The summed E-state index contributed by atoms with van der Waals surface area (Å²) < 4.78 is 6.53. The second kappa shape index (κ2) is 12.2. The Kier molecular flexibility index (Phi) is 8.84. The summed E-state index contributed by atoms with van der Waals surface area (Å²) in [5, 5.41) is 29.2. The number of hydrogen-bond acceptors (Lipinski definition) is 8. The number of carboxylic acids is 1. The first kappa shape index (κ1) is 26.8. The van der Waals surface area contributed by atoms with Gasteiger partial charge in [-0.2, -0.15) is 0 Å². The molecule has 12 nitrogen and oxygen atoms in total. The van der Waals surface area contributed by atoms with Crippen LogP contribution >= 0.6 is 0 Å². The van der Waals surface area contributed by atoms with Crippen LogP contribution in [-0.4, -0.2) is 53.9 Å². The summed E-state index contributed by atoms with van der Waals surface area (Å²) in [4.78, 5) is 32.7. The highest BCUT2D eigenvalue weighted by molar-refractivity contribution is 5.94. The van der Waals surface area contributed by atoms with Crippen molar-refractivity contribution in [2.45, 2.75) is 25.9 Å². The summed E-state index contributed by atoms with van der Waals surface area (Å²) in [7, 11) is 1.55. The van der Waals surface area contributed by atoms with E-state index >= 15 is 0 Å². The second-order valence-corrected chi connectivity index (χ2v) is 7.93. The standard InChI is InChI=1S/C23H23N7O3.C2H4O2/c1-33-18-10-15(13-31)9-17(12-18)19(11-14-3-5-16(6-4-14)20(24)25)21-28-23(32)30(29-21)22-26-7-2-8-27-22;1-2(3)4/h2-10,12,19,31H,11,13H2,1H3,(H3,24,25)(H,28,29,32);1H3,(H,3,4). The molecule has 2 aromatic heterocycles. The molecule has 0 spiro atoms. The third-order valence-corrected chi connectivity index (χ3v) is 5.22. The molecule has 37 heavy (non-hydrogen) atoms. The predicted octanol–water partition coefficient (Wildman–Crippen LogP) is 1.60. The molecule has 0 amide bonds. The highest BCUT2D eigenvalue weighted by Crippen LogP contribution is 2.30. The van der Waals surface area contributed by atoms with Gasteiger partial charge < -0.3 is 20.7 Å². The number of aromatic nitrogens is 5. The molecule has 2 heterocycles. The minimum absolute atomic E-state index is 0.00980. The van der Waals surface area contributed by atoms with E-state index in [0.29, 0.717) is 29.1 Å². The molecular formula is C25H27N7O5. The molecule has 0 saturated carbocycles. The number of aromatic amines is 1. The van der Waals surface area contributed by atoms with E-state index in [1.165, 1.54) is 12.4 Å². The number of methoxy groups -OCH3 is 1. The summed E-state index contributed by atoms with van der Waals surface area (Å²) in [5.41, 5.74) is 8.16. The normalized spacial score (nSPS) is 11.2. The molecule has 1 unspecified atom stereocenters. The number of ether oxygens (including phenoxy) is 1. The molecule has 6 N–H and O–H groups in total. The molecule has 192 valence electrons. The van der Waals surface area contributed by atoms with Crippen molar-refractivity contribution in [3.8, 4) is 11.7 Å². The minimum atomic E-state index is -0.833. The molecule has 0 aliphatic heterocycles. The van der Waals surface area contributed by atoms with Gasteiger partial charge in [-0.25, -0.2) is 14.8 Å². The average molecular weight is 506 g/mol. The number of nitrogen functional groups attached to an aromatic ring is 1. The maximum absolute atomic E-state index is 12.7. The van der Waals surface area contributed by atoms with Crippen molar-refractivity contribution in [1.82, 2.24) is 24.7 Å². The Labute approximate surface area is 211 Å². The molecule has 0 fully saturated rings. The van der Waals surface area contributed by atoms with Gasteiger partial charge in [0.1, 0.15) is 17.4 Å². The highest BCUT2D eigenvalue weighted by Gasteiger charge is 2.22. The van der Waals surface area contributed by atoms with Crippen LogP contribution < -0.4 is 16.2 Å². The summed E-state index contributed by atoms with van der Waals surface area (Å²) in [6.07, 6.45) is 3.55. The van der Waals surface area contributed by atoms with Crippen LogP contribution in [0.5, 0.6) is 5.75 Å². The molecule has 0 aliphatic rings. The average Bonchev–Trinajstić information content (AvgIpc) is 3.28. The number of aliphatic hydroxyl groups is 1. The smallest absolute Gasteiger partial charge is 0.350 e. The summed E-state index contributed by atoms with van der Waals surface area (Å²) >= 11 is 0. The number of H-pyrrole nitrogens is 1. The number of nitrogens with zero attached hydrogens (tertiary/aromatic N) is 4. The van der Waals surface area contributed by atoms with Crippen LogP contribution in [-0.2, 0) is 17.8 Å². The zero-order valence-corrected chi connectivity index (χ0v) is 20.3. The number of amidine groups is 1. The number of carbonyl (C=O) groups is 1. The molecule has 0 saturated heterocycles. The number of nitrogens with two attached hydrogens (primary N) is 1. The van der Waals surface area contributed by atoms with Gasteiger partial charge in [-0.3, -0.25) is 15.2 Å². The number of carboxylic acid groups (broad SMARTS) is 1. The summed E-state index contributed by atoms with van der Waals surface area (Å²) in [5.74, 6) is -0.0474. The summed E-state index contributed by atoms with van der Waals surface area (Å²) in [6, 6.07) is 14.4. The van der Waals surface area contributed by atoms with Crippen LogP contribution in [0.2, 0.25) is 0 Å². The van der Waals surface area contributed by atoms with Crippen LogP contribution in [0.3, 0.4) is 0 Å². The molecule has 12 heteroatoms. The molecule has 0 bridgehead atoms. The number of rotatable bonds is 8. The van der Waals surface area contributed by atoms with Crippen LogP contribution in [0.1, 0.15) is 40.9 Å². The van der Waals surface area contributed by atoms with Gasteiger partial charge in [-0.05, 0) is 41.3 Å². The van der Waals surface area contributed by atoms with Gasteiger partial charge in [-0.1, -0.05) is 30.3 Å². The number of nitrogens with one attached hydrogen (secondary N) is 2. The van der Waals surface area contributed by atoms with Gasteiger partial charge in [-0.15, -0.1) is 9.78 Å². The largest absolute Gasteiger partial charge is 0.497 e. The third-order valence-electron chi connectivity index (χ3n) is 5.22. The first-order valence-corrected chi connectivity index (χ1v) is 11.1. The quantitative estimate of drug-likeness (QED) is 0.175. The molecule has 1 atom stereocenters. The van der Waals surface area contributed by atoms with Gasteiger partial charge in [0.15, 0.2) is 0 Å². The number of benzene rings is 2. The first-order chi connectivity index (χ1) is 17.7.